The van der Waals surface area contributed by atoms with E-state index in [0.29, 0.717) is 17.5 Å². The van der Waals surface area contributed by atoms with Crippen LogP contribution in [0.25, 0.3) is 66.8 Å². The van der Waals surface area contributed by atoms with E-state index in [-0.39, 0.29) is 10.8 Å². The average molecular weight is 777 g/mol. The number of aromatic nitrogens is 3. The van der Waals surface area contributed by atoms with E-state index >= 15 is 0 Å². The lowest BCUT2D eigenvalue weighted by Crippen LogP contribution is -2.46. The van der Waals surface area contributed by atoms with Crippen LogP contribution >= 0.6 is 15.9 Å². The first-order chi connectivity index (χ1) is 26.9. The molecule has 3 atom stereocenters. The largest absolute Gasteiger partial charge is 0.208 e. The Balaban J connectivity index is 0.980. The molecule has 7 aromatic carbocycles. The van der Waals surface area contributed by atoms with Crippen molar-refractivity contribution in [2.45, 2.75) is 56.3 Å². The Kier molecular flexibility index (Phi) is 8.48. The number of nitrogens with zero attached hydrogens (tertiary/aromatic N) is 3. The van der Waals surface area contributed by atoms with Gasteiger partial charge in [-0.15, -0.1) is 0 Å². The van der Waals surface area contributed by atoms with E-state index in [9.17, 15) is 0 Å². The van der Waals surface area contributed by atoms with E-state index < -0.39 is 0 Å². The molecule has 3 nitrogen and oxygen atoms in total. The number of benzene rings is 7. The Labute approximate surface area is 331 Å². The van der Waals surface area contributed by atoms with Gasteiger partial charge < -0.3 is 0 Å². The fraction of sp³-hybridized carbons (Fsp3) is 0.196. The zero-order valence-corrected chi connectivity index (χ0v) is 32.6. The molecule has 2 aliphatic rings. The van der Waals surface area contributed by atoms with Crippen molar-refractivity contribution in [3.63, 3.8) is 0 Å². The zero-order valence-electron chi connectivity index (χ0n) is 31.1. The van der Waals surface area contributed by atoms with E-state index in [2.05, 4.69) is 120 Å². The maximum Gasteiger partial charge on any atom is 0.164 e. The molecule has 2 bridgehead atoms. The number of fused-ring (bicyclic) bond motifs is 5. The minimum atomic E-state index is 0.161. The third kappa shape index (κ3) is 6.37. The van der Waals surface area contributed by atoms with E-state index in [1.54, 1.807) is 0 Å². The van der Waals surface area contributed by atoms with Crippen LogP contribution in [0.1, 0.15) is 56.6 Å². The van der Waals surface area contributed by atoms with Gasteiger partial charge in [0.25, 0.3) is 0 Å². The smallest absolute Gasteiger partial charge is 0.164 e. The summed E-state index contributed by atoms with van der Waals surface area (Å²) in [6.07, 6.45) is 7.82. The lowest BCUT2D eigenvalue weighted by Gasteiger charge is -2.53. The highest BCUT2D eigenvalue weighted by molar-refractivity contribution is 9.10. The summed E-state index contributed by atoms with van der Waals surface area (Å²) < 4.78 is 1.16. The molecule has 2 aliphatic carbocycles. The molecule has 8 aromatic rings. The van der Waals surface area contributed by atoms with Crippen LogP contribution in [0, 0.1) is 5.92 Å². The third-order valence-electron chi connectivity index (χ3n) is 12.6. The molecular formula is C51H42BrN3. The van der Waals surface area contributed by atoms with Gasteiger partial charge in [-0.25, -0.2) is 15.0 Å². The van der Waals surface area contributed by atoms with Crippen molar-refractivity contribution in [2.75, 3.05) is 0 Å². The molecule has 2 fully saturated rings. The summed E-state index contributed by atoms with van der Waals surface area (Å²) in [5.74, 6) is 2.79. The van der Waals surface area contributed by atoms with E-state index in [0.717, 1.165) is 32.5 Å². The Morgan fingerprint density at radius 1 is 0.509 bits per heavy atom. The summed E-state index contributed by atoms with van der Waals surface area (Å²) in [6.45, 7) is 2.53. The summed E-state index contributed by atoms with van der Waals surface area (Å²) in [5.41, 5.74) is 8.84. The first-order valence-electron chi connectivity index (χ1n) is 19.6. The minimum absolute atomic E-state index is 0.161. The van der Waals surface area contributed by atoms with Gasteiger partial charge in [0.05, 0.1) is 0 Å². The molecule has 3 unspecified atom stereocenters. The highest BCUT2D eigenvalue weighted by atomic mass is 79.9. The van der Waals surface area contributed by atoms with Crippen LogP contribution in [-0.2, 0) is 10.8 Å². The molecule has 2 saturated carbocycles. The van der Waals surface area contributed by atoms with E-state index in [1.807, 2.05) is 60.7 Å². The van der Waals surface area contributed by atoms with E-state index in [1.165, 1.54) is 76.9 Å². The fourth-order valence-electron chi connectivity index (χ4n) is 10.0. The monoisotopic (exact) mass is 775 g/mol. The molecule has 10 rings (SSSR count). The highest BCUT2D eigenvalue weighted by Gasteiger charge is 2.49. The summed E-state index contributed by atoms with van der Waals surface area (Å²) in [5, 5.41) is 4.87. The molecule has 0 radical (unpaired) electrons. The second-order valence-corrected chi connectivity index (χ2v) is 17.2. The van der Waals surface area contributed by atoms with Crippen molar-refractivity contribution < 1.29 is 0 Å². The Hall–Kier alpha value is -5.45. The van der Waals surface area contributed by atoms with Crippen molar-refractivity contribution in [2.24, 2.45) is 5.92 Å². The second kappa shape index (κ2) is 13.7. The van der Waals surface area contributed by atoms with Crippen molar-refractivity contribution in [3.05, 3.63) is 173 Å². The van der Waals surface area contributed by atoms with Gasteiger partial charge in [0.1, 0.15) is 0 Å². The van der Waals surface area contributed by atoms with Crippen LogP contribution in [0.5, 0.6) is 0 Å². The molecule has 1 aromatic heterocycles. The van der Waals surface area contributed by atoms with Gasteiger partial charge in [-0.05, 0) is 110 Å². The van der Waals surface area contributed by atoms with Crippen molar-refractivity contribution in [1.82, 2.24) is 15.0 Å². The second-order valence-electron chi connectivity index (χ2n) is 16.2. The predicted molar refractivity (Wildman–Crippen MR) is 231 cm³/mol. The molecule has 0 aliphatic heterocycles. The topological polar surface area (TPSA) is 38.7 Å². The summed E-state index contributed by atoms with van der Waals surface area (Å²) in [4.78, 5) is 14.8. The maximum absolute atomic E-state index is 4.98. The zero-order chi connectivity index (χ0) is 37.0. The van der Waals surface area contributed by atoms with Gasteiger partial charge in [-0.1, -0.05) is 169 Å². The molecule has 0 N–H and O–H groups in total. The van der Waals surface area contributed by atoms with Crippen molar-refractivity contribution in [1.29, 1.82) is 0 Å². The Morgan fingerprint density at radius 2 is 1.09 bits per heavy atom. The van der Waals surface area contributed by atoms with Crippen LogP contribution in [0.3, 0.4) is 0 Å². The quantitative estimate of drug-likeness (QED) is 0.158. The molecule has 1 heterocycles. The molecule has 55 heavy (non-hydrogen) atoms. The fourth-order valence-corrected chi connectivity index (χ4v) is 10.3. The first-order valence-corrected chi connectivity index (χ1v) is 20.4. The number of hydrogen-bond acceptors (Lipinski definition) is 3. The summed E-state index contributed by atoms with van der Waals surface area (Å²) >= 11 is 3.67. The summed E-state index contributed by atoms with van der Waals surface area (Å²) in [7, 11) is 0. The van der Waals surface area contributed by atoms with Crippen LogP contribution in [-0.4, -0.2) is 15.0 Å². The van der Waals surface area contributed by atoms with Crippen molar-refractivity contribution in [3.8, 4) is 45.3 Å². The number of halogens is 1. The lowest BCUT2D eigenvalue weighted by atomic mass is 9.51. The molecular weight excluding hydrogens is 734 g/mol. The van der Waals surface area contributed by atoms with Gasteiger partial charge >= 0.3 is 0 Å². The van der Waals surface area contributed by atoms with Crippen LogP contribution in [0.15, 0.2) is 162 Å². The van der Waals surface area contributed by atoms with Crippen LogP contribution < -0.4 is 0 Å². The van der Waals surface area contributed by atoms with Gasteiger partial charge in [0.15, 0.2) is 17.5 Å². The molecule has 0 saturated heterocycles. The molecule has 268 valence electrons. The minimum Gasteiger partial charge on any atom is -0.208 e. The summed E-state index contributed by atoms with van der Waals surface area (Å²) in [6, 6.07) is 57.0. The Morgan fingerprint density at radius 3 is 1.78 bits per heavy atom. The van der Waals surface area contributed by atoms with Gasteiger partial charge in [-0.2, -0.15) is 0 Å². The predicted octanol–water partition coefficient (Wildman–Crippen LogP) is 13.8. The maximum atomic E-state index is 4.98. The van der Waals surface area contributed by atoms with Crippen LogP contribution in [0.2, 0.25) is 0 Å². The van der Waals surface area contributed by atoms with Gasteiger partial charge in [0.2, 0.25) is 0 Å². The third-order valence-corrected chi connectivity index (χ3v) is 13.1. The van der Waals surface area contributed by atoms with Gasteiger partial charge in [-0.3, -0.25) is 0 Å². The first kappa shape index (κ1) is 34.1. The number of rotatable bonds is 6. The van der Waals surface area contributed by atoms with Gasteiger partial charge in [0, 0.05) is 21.2 Å². The Bertz CT molecular complexity index is 2620. The lowest BCUT2D eigenvalue weighted by molar-refractivity contribution is 0.0874. The van der Waals surface area contributed by atoms with E-state index in [4.69, 9.17) is 15.0 Å². The molecule has 0 amide bonds. The highest BCUT2D eigenvalue weighted by Crippen LogP contribution is 2.57. The van der Waals surface area contributed by atoms with Crippen molar-refractivity contribution >= 4 is 37.5 Å². The normalized spacial score (nSPS) is 20.8. The SMILES string of the molecule is CC1(c2ccc(-c3ccc4ccc5cc(-c6nc(-c7ccccc7)nc(-c7ccccc7)n6)ccc5c4c3)cc2)CC2CCCC(c3ccc(Br)cc3)(C2)C1. The average Bonchev–Trinajstić information content (AvgIpc) is 3.24. The molecule has 0 spiro atoms. The van der Waals surface area contributed by atoms with Crippen LogP contribution in [0.4, 0.5) is 0 Å². The molecule has 4 heteroatoms. The number of hydrogen-bond donors (Lipinski definition) is 0. The standard InChI is InChI=1S/C51H42BrN3/c1-50(31-34-9-8-28-51(32-34,33-50)43-23-25-44(52)26-24-43)42-21-18-35(19-22-42)39-16-14-36-15-17-40-29-41(20-27-45(40)46(36)30-39)49-54-47(37-10-4-2-5-11-37)53-48(55-49)38-12-6-3-7-13-38/h2-7,10-27,29-30,34H,8-9,28,31-33H2,1H3.